The highest BCUT2D eigenvalue weighted by Crippen LogP contribution is 2.26. The first-order valence-corrected chi connectivity index (χ1v) is 7.36. The molecule has 1 aromatic heterocycles. The summed E-state index contributed by atoms with van der Waals surface area (Å²) in [5.74, 6) is 0.375. The van der Waals surface area contributed by atoms with Gasteiger partial charge in [-0.25, -0.2) is 0 Å². The summed E-state index contributed by atoms with van der Waals surface area (Å²) in [6.07, 6.45) is 6.44. The van der Waals surface area contributed by atoms with E-state index in [9.17, 15) is 4.79 Å². The molecule has 6 nitrogen and oxygen atoms in total. The van der Waals surface area contributed by atoms with E-state index in [0.29, 0.717) is 26.2 Å². The van der Waals surface area contributed by atoms with E-state index in [2.05, 4.69) is 5.10 Å². The lowest BCUT2D eigenvalue weighted by atomic mass is 10.1. The van der Waals surface area contributed by atoms with Crippen molar-refractivity contribution in [1.29, 1.82) is 0 Å². The second kappa shape index (κ2) is 5.93. The maximum absolute atomic E-state index is 12.5. The summed E-state index contributed by atoms with van der Waals surface area (Å²) in [7, 11) is 0. The number of carbonyl (C=O) groups is 1. The van der Waals surface area contributed by atoms with Crippen LogP contribution in [-0.4, -0.2) is 52.4 Å². The number of amides is 1. The molecule has 3 atom stereocenters. The average molecular weight is 278 g/mol. The quantitative estimate of drug-likeness (QED) is 0.859. The third-order valence-corrected chi connectivity index (χ3v) is 4.22. The van der Waals surface area contributed by atoms with Crippen molar-refractivity contribution < 1.29 is 9.53 Å². The Balaban J connectivity index is 1.56. The topological polar surface area (TPSA) is 73.4 Å². The standard InChI is InChI=1S/C14H22N4O2/c15-12-3-2-11(8-12)14(19)17-6-7-20-13(9-17)10-18-5-1-4-16-18/h1,4-5,11-13H,2-3,6-10,15H2. The lowest BCUT2D eigenvalue weighted by Gasteiger charge is -2.34. The molecule has 6 heteroatoms. The first kappa shape index (κ1) is 13.6. The fourth-order valence-corrected chi connectivity index (χ4v) is 3.15. The third kappa shape index (κ3) is 3.02. The Hall–Kier alpha value is -1.40. The van der Waals surface area contributed by atoms with Gasteiger partial charge in [-0.05, 0) is 25.3 Å². The van der Waals surface area contributed by atoms with E-state index in [1.54, 1.807) is 6.20 Å². The summed E-state index contributed by atoms with van der Waals surface area (Å²) in [4.78, 5) is 14.4. The summed E-state index contributed by atoms with van der Waals surface area (Å²) >= 11 is 0. The zero-order valence-corrected chi connectivity index (χ0v) is 11.6. The zero-order valence-electron chi connectivity index (χ0n) is 11.6. The van der Waals surface area contributed by atoms with Crippen molar-refractivity contribution in [3.63, 3.8) is 0 Å². The zero-order chi connectivity index (χ0) is 13.9. The highest BCUT2D eigenvalue weighted by Gasteiger charge is 2.33. The van der Waals surface area contributed by atoms with Crippen molar-refractivity contribution >= 4 is 5.91 Å². The molecule has 1 saturated heterocycles. The van der Waals surface area contributed by atoms with E-state index >= 15 is 0 Å². The van der Waals surface area contributed by atoms with Crippen molar-refractivity contribution in [3.05, 3.63) is 18.5 Å². The minimum atomic E-state index is 0.0303. The van der Waals surface area contributed by atoms with Gasteiger partial charge in [-0.1, -0.05) is 0 Å². The molecule has 2 fully saturated rings. The molecule has 1 amide bonds. The summed E-state index contributed by atoms with van der Waals surface area (Å²) in [6, 6.07) is 2.09. The molecule has 2 aliphatic rings. The van der Waals surface area contributed by atoms with E-state index in [1.807, 2.05) is 21.8 Å². The molecule has 0 radical (unpaired) electrons. The Labute approximate surface area is 118 Å². The molecular weight excluding hydrogens is 256 g/mol. The second-order valence-electron chi connectivity index (χ2n) is 5.78. The predicted molar refractivity (Wildman–Crippen MR) is 73.9 cm³/mol. The minimum Gasteiger partial charge on any atom is -0.373 e. The van der Waals surface area contributed by atoms with Crippen LogP contribution in [0.1, 0.15) is 19.3 Å². The SMILES string of the molecule is NC1CCC(C(=O)N2CCOC(Cn3cccn3)C2)C1. The number of ether oxygens (including phenoxy) is 1. The van der Waals surface area contributed by atoms with Crippen molar-refractivity contribution in [2.45, 2.75) is 38.0 Å². The van der Waals surface area contributed by atoms with Crippen LogP contribution in [0.5, 0.6) is 0 Å². The number of nitrogens with zero attached hydrogens (tertiary/aromatic N) is 3. The van der Waals surface area contributed by atoms with E-state index in [4.69, 9.17) is 10.5 Å². The number of aromatic nitrogens is 2. The van der Waals surface area contributed by atoms with Gasteiger partial charge in [0.05, 0.1) is 19.3 Å². The molecule has 0 bridgehead atoms. The number of carbonyl (C=O) groups excluding carboxylic acids is 1. The van der Waals surface area contributed by atoms with E-state index in [1.165, 1.54) is 0 Å². The number of rotatable bonds is 3. The smallest absolute Gasteiger partial charge is 0.225 e. The molecule has 0 aromatic carbocycles. The van der Waals surface area contributed by atoms with Gasteiger partial charge in [0.15, 0.2) is 0 Å². The van der Waals surface area contributed by atoms with Crippen LogP contribution < -0.4 is 5.73 Å². The van der Waals surface area contributed by atoms with Crippen LogP contribution in [0.3, 0.4) is 0 Å². The number of morpholine rings is 1. The van der Waals surface area contributed by atoms with Gasteiger partial charge in [-0.3, -0.25) is 9.48 Å². The van der Waals surface area contributed by atoms with E-state index in [0.717, 1.165) is 19.3 Å². The molecule has 2 heterocycles. The molecule has 3 unspecified atom stereocenters. The third-order valence-electron chi connectivity index (χ3n) is 4.22. The van der Waals surface area contributed by atoms with Crippen LogP contribution in [0.25, 0.3) is 0 Å². The monoisotopic (exact) mass is 278 g/mol. The van der Waals surface area contributed by atoms with Crippen molar-refractivity contribution in [2.24, 2.45) is 11.7 Å². The summed E-state index contributed by atoms with van der Waals surface area (Å²) < 4.78 is 7.59. The molecule has 2 N–H and O–H groups in total. The molecule has 1 aliphatic carbocycles. The molecule has 20 heavy (non-hydrogen) atoms. The highest BCUT2D eigenvalue weighted by molar-refractivity contribution is 5.79. The maximum Gasteiger partial charge on any atom is 0.225 e. The molecule has 110 valence electrons. The van der Waals surface area contributed by atoms with Gasteiger partial charge >= 0.3 is 0 Å². The first-order chi connectivity index (χ1) is 9.72. The van der Waals surface area contributed by atoms with E-state index < -0.39 is 0 Å². The normalized spacial score (nSPS) is 30.6. The Morgan fingerprint density at radius 2 is 2.35 bits per heavy atom. The van der Waals surface area contributed by atoms with Gasteiger partial charge in [0.1, 0.15) is 0 Å². The molecule has 0 spiro atoms. The van der Waals surface area contributed by atoms with Crippen LogP contribution in [0, 0.1) is 5.92 Å². The molecule has 1 aliphatic heterocycles. The molecular formula is C14H22N4O2. The Morgan fingerprint density at radius 1 is 1.45 bits per heavy atom. The van der Waals surface area contributed by atoms with Gasteiger partial charge in [-0.2, -0.15) is 5.10 Å². The average Bonchev–Trinajstić information content (AvgIpc) is 3.10. The van der Waals surface area contributed by atoms with Crippen LogP contribution in [0.15, 0.2) is 18.5 Å². The van der Waals surface area contributed by atoms with Crippen molar-refractivity contribution in [3.8, 4) is 0 Å². The molecule has 1 saturated carbocycles. The van der Waals surface area contributed by atoms with Gasteiger partial charge in [0, 0.05) is 37.4 Å². The van der Waals surface area contributed by atoms with Gasteiger partial charge in [0.25, 0.3) is 0 Å². The van der Waals surface area contributed by atoms with Crippen LogP contribution in [0.2, 0.25) is 0 Å². The fraction of sp³-hybridized carbons (Fsp3) is 0.714. The van der Waals surface area contributed by atoms with Crippen molar-refractivity contribution in [1.82, 2.24) is 14.7 Å². The Morgan fingerprint density at radius 3 is 3.05 bits per heavy atom. The van der Waals surface area contributed by atoms with Crippen LogP contribution >= 0.6 is 0 Å². The number of nitrogens with two attached hydrogens (primary N) is 1. The van der Waals surface area contributed by atoms with Crippen molar-refractivity contribution in [2.75, 3.05) is 19.7 Å². The lowest BCUT2D eigenvalue weighted by Crippen LogP contribution is -2.48. The van der Waals surface area contributed by atoms with E-state index in [-0.39, 0.29) is 24.0 Å². The van der Waals surface area contributed by atoms with Crippen LogP contribution in [0.4, 0.5) is 0 Å². The summed E-state index contributed by atoms with van der Waals surface area (Å²) in [5.41, 5.74) is 5.90. The predicted octanol–water partition coefficient (Wildman–Crippen LogP) is 0.238. The second-order valence-corrected chi connectivity index (χ2v) is 5.78. The Kier molecular flexibility index (Phi) is 4.03. The summed E-state index contributed by atoms with van der Waals surface area (Å²) in [5, 5.41) is 4.18. The number of hydrogen-bond donors (Lipinski definition) is 1. The maximum atomic E-state index is 12.5. The van der Waals surface area contributed by atoms with Gasteiger partial charge in [-0.15, -0.1) is 0 Å². The molecule has 3 rings (SSSR count). The molecule has 1 aromatic rings. The van der Waals surface area contributed by atoms with Crippen LogP contribution in [-0.2, 0) is 16.1 Å². The largest absolute Gasteiger partial charge is 0.373 e. The minimum absolute atomic E-state index is 0.0303. The summed E-state index contributed by atoms with van der Waals surface area (Å²) in [6.45, 7) is 2.65. The Bertz CT molecular complexity index is 448. The van der Waals surface area contributed by atoms with Gasteiger partial charge in [0.2, 0.25) is 5.91 Å². The highest BCUT2D eigenvalue weighted by atomic mass is 16.5. The van der Waals surface area contributed by atoms with Gasteiger partial charge < -0.3 is 15.4 Å². The first-order valence-electron chi connectivity index (χ1n) is 7.36. The lowest BCUT2D eigenvalue weighted by molar-refractivity contribution is -0.143. The fourth-order valence-electron chi connectivity index (χ4n) is 3.15. The number of hydrogen-bond acceptors (Lipinski definition) is 4.